The summed E-state index contributed by atoms with van der Waals surface area (Å²) >= 11 is 0. The zero-order valence-corrected chi connectivity index (χ0v) is 17.9. The Labute approximate surface area is 171 Å². The second-order valence-electron chi connectivity index (χ2n) is 6.37. The number of rotatable bonds is 8. The molecule has 148 valence electrons. The molecule has 0 fully saturated rings. The van der Waals surface area contributed by atoms with Gasteiger partial charge in [-0.25, -0.2) is 4.98 Å². The van der Waals surface area contributed by atoms with Gasteiger partial charge in [-0.1, -0.05) is 80.1 Å². The van der Waals surface area contributed by atoms with Crippen molar-refractivity contribution in [2.45, 2.75) is 40.0 Å². The lowest BCUT2D eigenvalue weighted by Gasteiger charge is -2.03. The van der Waals surface area contributed by atoms with E-state index in [-0.39, 0.29) is 0 Å². The Balaban J connectivity index is 0.00000190. The summed E-state index contributed by atoms with van der Waals surface area (Å²) in [6.07, 6.45) is 18.2. The quantitative estimate of drug-likeness (QED) is 0.356. The van der Waals surface area contributed by atoms with Crippen molar-refractivity contribution in [1.82, 2.24) is 9.55 Å². The number of nitrogens with zero attached hydrogens (tertiary/aromatic N) is 2. The third-order valence-corrected chi connectivity index (χ3v) is 4.40. The van der Waals surface area contributed by atoms with Crippen LogP contribution in [0.2, 0.25) is 0 Å². The van der Waals surface area contributed by atoms with Gasteiger partial charge in [0.25, 0.3) is 0 Å². The third-order valence-electron chi connectivity index (χ3n) is 4.40. The molecular formula is C26H34N2. The molecule has 0 saturated carbocycles. The number of aromatic nitrogens is 2. The molecule has 0 N–H and O–H groups in total. The fourth-order valence-electron chi connectivity index (χ4n) is 2.76. The zero-order valence-electron chi connectivity index (χ0n) is 17.9. The Morgan fingerprint density at radius 1 is 1.11 bits per heavy atom. The van der Waals surface area contributed by atoms with Crippen LogP contribution in [0.25, 0.3) is 11.6 Å². The Morgan fingerprint density at radius 3 is 2.43 bits per heavy atom. The highest BCUT2D eigenvalue weighted by atomic mass is 15.1. The van der Waals surface area contributed by atoms with E-state index in [2.05, 4.69) is 105 Å². The lowest BCUT2D eigenvalue weighted by Crippen LogP contribution is -1.97. The Morgan fingerprint density at radius 2 is 1.79 bits per heavy atom. The molecule has 0 aliphatic rings. The van der Waals surface area contributed by atoms with E-state index >= 15 is 0 Å². The average Bonchev–Trinajstić information content (AvgIpc) is 3.00. The molecule has 1 aromatic heterocycles. The molecule has 0 spiro atoms. The first kappa shape index (κ1) is 23.2. The van der Waals surface area contributed by atoms with Gasteiger partial charge in [0.2, 0.25) is 0 Å². The first-order valence-electron chi connectivity index (χ1n) is 9.91. The lowest BCUT2D eigenvalue weighted by molar-refractivity contribution is 0.804. The van der Waals surface area contributed by atoms with Gasteiger partial charge in [-0.15, -0.1) is 13.2 Å². The molecule has 0 aliphatic heterocycles. The van der Waals surface area contributed by atoms with Gasteiger partial charge in [0.05, 0.1) is 5.69 Å². The van der Waals surface area contributed by atoms with Crippen molar-refractivity contribution in [3.05, 3.63) is 103 Å². The predicted molar refractivity (Wildman–Crippen MR) is 125 cm³/mol. The van der Waals surface area contributed by atoms with E-state index in [9.17, 15) is 0 Å². The second-order valence-corrected chi connectivity index (χ2v) is 6.37. The Kier molecular flexibility index (Phi) is 11.0. The van der Waals surface area contributed by atoms with E-state index in [4.69, 9.17) is 4.98 Å². The molecule has 2 rings (SSSR count). The van der Waals surface area contributed by atoms with Crippen molar-refractivity contribution < 1.29 is 0 Å². The van der Waals surface area contributed by atoms with Gasteiger partial charge in [-0.3, -0.25) is 0 Å². The smallest absolute Gasteiger partial charge is 0.113 e. The molecule has 2 aromatic rings. The van der Waals surface area contributed by atoms with Crippen molar-refractivity contribution in [1.29, 1.82) is 0 Å². The highest BCUT2D eigenvalue weighted by Crippen LogP contribution is 2.21. The highest BCUT2D eigenvalue weighted by Gasteiger charge is 2.09. The van der Waals surface area contributed by atoms with Crippen LogP contribution >= 0.6 is 0 Å². The van der Waals surface area contributed by atoms with Gasteiger partial charge in [0.1, 0.15) is 5.82 Å². The van der Waals surface area contributed by atoms with Crippen LogP contribution < -0.4 is 0 Å². The molecule has 2 heteroatoms. The minimum Gasteiger partial charge on any atom is -0.335 e. The summed E-state index contributed by atoms with van der Waals surface area (Å²) in [5.74, 6) is 1.08. The fourth-order valence-corrected chi connectivity index (χ4v) is 2.76. The monoisotopic (exact) mass is 374 g/mol. The standard InChI is InChI=1S/C24H30N2.C2H4/c1-5-7-8-9-10-14-18-24-25-23(20(3)26(24)4)19-22(15-6-2)21-16-12-11-13-17-21;1-2/h6,8-17,19H,5,7,18H2,1-4H3;1-2H2/b9-8-,14-10-,15-6-,22-19+;. The molecule has 0 amide bonds. The molecular weight excluding hydrogens is 340 g/mol. The average molecular weight is 375 g/mol. The predicted octanol–water partition coefficient (Wildman–Crippen LogP) is 7.10. The van der Waals surface area contributed by atoms with Crippen molar-refractivity contribution in [3.63, 3.8) is 0 Å². The number of hydrogen-bond acceptors (Lipinski definition) is 1. The van der Waals surface area contributed by atoms with Gasteiger partial charge in [0, 0.05) is 19.2 Å². The molecule has 2 nitrogen and oxygen atoms in total. The summed E-state index contributed by atoms with van der Waals surface area (Å²) in [5, 5.41) is 0. The Hall–Kier alpha value is -2.87. The Bertz CT molecular complexity index is 818. The molecule has 1 heterocycles. The molecule has 0 unspecified atom stereocenters. The number of imidazole rings is 1. The van der Waals surface area contributed by atoms with Crippen LogP contribution in [0.15, 0.2) is 79.9 Å². The van der Waals surface area contributed by atoms with E-state index in [1.807, 2.05) is 13.0 Å². The van der Waals surface area contributed by atoms with E-state index in [0.717, 1.165) is 24.4 Å². The maximum atomic E-state index is 4.87. The topological polar surface area (TPSA) is 17.8 Å². The number of hydrogen-bond donors (Lipinski definition) is 0. The number of unbranched alkanes of at least 4 members (excludes halogenated alkanes) is 1. The number of benzene rings is 1. The maximum Gasteiger partial charge on any atom is 0.113 e. The van der Waals surface area contributed by atoms with Gasteiger partial charge in [-0.05, 0) is 37.5 Å². The normalized spacial score (nSPS) is 12.1. The summed E-state index contributed by atoms with van der Waals surface area (Å²) in [6.45, 7) is 12.4. The summed E-state index contributed by atoms with van der Waals surface area (Å²) in [5.41, 5.74) is 4.61. The van der Waals surface area contributed by atoms with Crippen LogP contribution in [0, 0.1) is 6.92 Å². The van der Waals surface area contributed by atoms with Gasteiger partial charge in [0.15, 0.2) is 0 Å². The second kappa shape index (κ2) is 13.3. The molecule has 0 saturated heterocycles. The van der Waals surface area contributed by atoms with Crippen molar-refractivity contribution in [2.75, 3.05) is 0 Å². The van der Waals surface area contributed by atoms with Crippen LogP contribution in [0.3, 0.4) is 0 Å². The first-order valence-corrected chi connectivity index (χ1v) is 9.91. The first-order chi connectivity index (χ1) is 13.7. The molecule has 0 aliphatic carbocycles. The fraction of sp³-hybridized carbons (Fsp3) is 0.269. The van der Waals surface area contributed by atoms with Crippen molar-refractivity contribution in [3.8, 4) is 0 Å². The molecule has 0 radical (unpaired) electrons. The minimum absolute atomic E-state index is 0.839. The SMILES string of the molecule is C/C=C\C(=C/c1nc(C/C=C\C=C/CCC)n(C)c1C)c1ccccc1.C=C. The summed E-state index contributed by atoms with van der Waals surface area (Å²) in [6, 6.07) is 10.5. The molecule has 0 atom stereocenters. The van der Waals surface area contributed by atoms with Crippen LogP contribution in [-0.4, -0.2) is 9.55 Å². The van der Waals surface area contributed by atoms with E-state index < -0.39 is 0 Å². The zero-order chi connectivity index (χ0) is 20.8. The lowest BCUT2D eigenvalue weighted by atomic mass is 10.0. The summed E-state index contributed by atoms with van der Waals surface area (Å²) < 4.78 is 2.18. The van der Waals surface area contributed by atoms with E-state index in [1.165, 1.54) is 23.3 Å². The van der Waals surface area contributed by atoms with Crippen LogP contribution in [0.4, 0.5) is 0 Å². The minimum atomic E-state index is 0.839. The largest absolute Gasteiger partial charge is 0.335 e. The van der Waals surface area contributed by atoms with E-state index in [1.54, 1.807) is 0 Å². The van der Waals surface area contributed by atoms with Gasteiger partial charge in [-0.2, -0.15) is 0 Å². The molecule has 28 heavy (non-hydrogen) atoms. The van der Waals surface area contributed by atoms with Crippen LogP contribution in [-0.2, 0) is 13.5 Å². The van der Waals surface area contributed by atoms with Crippen LogP contribution in [0.1, 0.15) is 49.5 Å². The van der Waals surface area contributed by atoms with Gasteiger partial charge >= 0.3 is 0 Å². The highest BCUT2D eigenvalue weighted by molar-refractivity contribution is 5.87. The summed E-state index contributed by atoms with van der Waals surface area (Å²) in [7, 11) is 2.09. The number of allylic oxidation sites excluding steroid dienone is 7. The van der Waals surface area contributed by atoms with Crippen molar-refractivity contribution >= 4 is 11.6 Å². The van der Waals surface area contributed by atoms with Crippen molar-refractivity contribution in [2.24, 2.45) is 7.05 Å². The van der Waals surface area contributed by atoms with Crippen LogP contribution in [0.5, 0.6) is 0 Å². The molecule has 1 aromatic carbocycles. The van der Waals surface area contributed by atoms with Gasteiger partial charge < -0.3 is 4.57 Å². The van der Waals surface area contributed by atoms with E-state index in [0.29, 0.717) is 0 Å². The summed E-state index contributed by atoms with van der Waals surface area (Å²) in [4.78, 5) is 4.87. The third kappa shape index (κ3) is 7.03. The molecule has 0 bridgehead atoms. The maximum absolute atomic E-state index is 4.87.